The van der Waals surface area contributed by atoms with E-state index in [9.17, 15) is 14.7 Å². The summed E-state index contributed by atoms with van der Waals surface area (Å²) >= 11 is 0. The van der Waals surface area contributed by atoms with Gasteiger partial charge < -0.3 is 20.6 Å². The second-order valence-corrected chi connectivity index (χ2v) is 10.3. The minimum Gasteiger partial charge on any atom is -0.481 e. The van der Waals surface area contributed by atoms with E-state index in [1.54, 1.807) is 12.1 Å². The van der Waals surface area contributed by atoms with Gasteiger partial charge in [-0.1, -0.05) is 72.3 Å². The summed E-state index contributed by atoms with van der Waals surface area (Å²) in [5.41, 5.74) is 6.73. The average Bonchev–Trinajstić information content (AvgIpc) is 3.34. The topological polar surface area (TPSA) is 99.0 Å². The third-order valence-electron chi connectivity index (χ3n) is 7.01. The van der Waals surface area contributed by atoms with Crippen LogP contribution in [-0.2, 0) is 11.3 Å². The van der Waals surface area contributed by atoms with Crippen LogP contribution >= 0.6 is 0 Å². The first-order chi connectivity index (χ1) is 19.8. The summed E-state index contributed by atoms with van der Waals surface area (Å²) in [6, 6.07) is 28.6. The summed E-state index contributed by atoms with van der Waals surface area (Å²) < 4.78 is 1.93. The van der Waals surface area contributed by atoms with Crippen LogP contribution in [-0.4, -0.2) is 40.5 Å². The number of carboxylic acids is 1. The van der Waals surface area contributed by atoms with Crippen LogP contribution in [0.15, 0.2) is 97.2 Å². The Morgan fingerprint density at radius 2 is 1.66 bits per heavy atom. The molecule has 41 heavy (non-hydrogen) atoms. The molecule has 0 radical (unpaired) electrons. The fraction of sp³-hybridized carbons (Fsp3) is 0.182. The van der Waals surface area contributed by atoms with Gasteiger partial charge in [0.1, 0.15) is 17.2 Å². The maximum absolute atomic E-state index is 13.3. The number of aliphatic carboxylic acids is 1. The Labute approximate surface area is 239 Å². The number of nitrogens with one attached hydrogen (secondary N) is 2. The van der Waals surface area contributed by atoms with E-state index in [1.165, 1.54) is 0 Å². The van der Waals surface area contributed by atoms with E-state index in [0.717, 1.165) is 39.5 Å². The third-order valence-corrected chi connectivity index (χ3v) is 7.01. The van der Waals surface area contributed by atoms with Gasteiger partial charge in [-0.25, -0.2) is 4.98 Å². The molecule has 1 amide bonds. The van der Waals surface area contributed by atoms with Gasteiger partial charge in [0.05, 0.1) is 12.5 Å². The minimum absolute atomic E-state index is 0.221. The Hall–Kier alpha value is -5.11. The van der Waals surface area contributed by atoms with Crippen molar-refractivity contribution in [1.82, 2.24) is 14.7 Å². The second kappa shape index (κ2) is 12.0. The van der Waals surface area contributed by atoms with E-state index in [-0.39, 0.29) is 12.3 Å². The van der Waals surface area contributed by atoms with E-state index in [4.69, 9.17) is 4.98 Å². The number of aryl methyl sites for hydroxylation is 1. The molecule has 0 spiro atoms. The van der Waals surface area contributed by atoms with Gasteiger partial charge in [0.2, 0.25) is 0 Å². The highest BCUT2D eigenvalue weighted by molar-refractivity contribution is 5.96. The molecule has 0 bridgehead atoms. The molecule has 8 heteroatoms. The summed E-state index contributed by atoms with van der Waals surface area (Å²) in [6.07, 6.45) is 1.60. The lowest BCUT2D eigenvalue weighted by Crippen LogP contribution is -2.30. The van der Waals surface area contributed by atoms with Crippen LogP contribution in [0.3, 0.4) is 0 Å². The zero-order valence-electron chi connectivity index (χ0n) is 23.3. The molecule has 0 aliphatic carbocycles. The summed E-state index contributed by atoms with van der Waals surface area (Å²) in [5, 5.41) is 15.9. The number of hydrogen-bond donors (Lipinski definition) is 3. The molecule has 3 aromatic carbocycles. The molecule has 2 heterocycles. The molecule has 0 aliphatic rings. The van der Waals surface area contributed by atoms with Crippen LogP contribution < -0.4 is 15.5 Å². The van der Waals surface area contributed by atoms with Crippen molar-refractivity contribution in [3.63, 3.8) is 0 Å². The quantitative estimate of drug-likeness (QED) is 0.200. The van der Waals surface area contributed by atoms with E-state index in [1.807, 2.05) is 103 Å². The van der Waals surface area contributed by atoms with Crippen molar-refractivity contribution in [2.75, 3.05) is 24.3 Å². The van der Waals surface area contributed by atoms with Crippen LogP contribution in [0.2, 0.25) is 0 Å². The van der Waals surface area contributed by atoms with E-state index in [2.05, 4.69) is 22.8 Å². The lowest BCUT2D eigenvalue weighted by atomic mass is 10.0. The number of carbonyl (C=O) groups excluding carboxylic acids is 1. The number of pyridine rings is 1. The molecule has 0 fully saturated rings. The Morgan fingerprint density at radius 1 is 0.951 bits per heavy atom. The monoisotopic (exact) mass is 547 g/mol. The fourth-order valence-corrected chi connectivity index (χ4v) is 4.72. The van der Waals surface area contributed by atoms with Gasteiger partial charge in [-0.3, -0.25) is 14.0 Å². The lowest BCUT2D eigenvalue weighted by molar-refractivity contribution is -0.137. The highest BCUT2D eigenvalue weighted by atomic mass is 16.4. The molecular weight excluding hydrogens is 514 g/mol. The van der Waals surface area contributed by atoms with Gasteiger partial charge in [0.15, 0.2) is 0 Å². The average molecular weight is 548 g/mol. The molecule has 0 aliphatic heterocycles. The van der Waals surface area contributed by atoms with Crippen LogP contribution in [0.1, 0.15) is 39.5 Å². The summed E-state index contributed by atoms with van der Waals surface area (Å²) in [4.78, 5) is 31.9. The maximum atomic E-state index is 13.3. The van der Waals surface area contributed by atoms with Crippen molar-refractivity contribution < 1.29 is 14.7 Å². The van der Waals surface area contributed by atoms with Gasteiger partial charge in [-0.05, 0) is 42.3 Å². The molecule has 1 unspecified atom stereocenters. The van der Waals surface area contributed by atoms with Gasteiger partial charge in [-0.2, -0.15) is 0 Å². The standard InChI is InChI=1S/C33H33N5O3/c1-22-9-11-24(12-10-22)28(20-30(39)40)35-33(41)26-17-18-38-29(19-26)36-31(25-13-15-27(16-14-25)37(2)3)32(38)34-21-23-7-5-4-6-8-23/h4-19,28,34H,20-21H2,1-3H3,(H,35,41)(H,39,40). The number of rotatable bonds is 10. The van der Waals surface area contributed by atoms with Crippen molar-refractivity contribution in [1.29, 1.82) is 0 Å². The maximum Gasteiger partial charge on any atom is 0.305 e. The second-order valence-electron chi connectivity index (χ2n) is 10.3. The first-order valence-electron chi connectivity index (χ1n) is 13.5. The molecule has 3 N–H and O–H groups in total. The number of imidazole rings is 1. The zero-order chi connectivity index (χ0) is 28.9. The first kappa shape index (κ1) is 27.5. The van der Waals surface area contributed by atoms with Crippen molar-refractivity contribution in [3.8, 4) is 11.3 Å². The van der Waals surface area contributed by atoms with Crippen molar-refractivity contribution in [2.24, 2.45) is 0 Å². The molecule has 0 saturated carbocycles. The summed E-state index contributed by atoms with van der Waals surface area (Å²) in [7, 11) is 4.00. The zero-order valence-corrected chi connectivity index (χ0v) is 23.3. The molecule has 2 aromatic heterocycles. The fourth-order valence-electron chi connectivity index (χ4n) is 4.72. The minimum atomic E-state index is -0.987. The number of hydrogen-bond acceptors (Lipinski definition) is 5. The predicted octanol–water partition coefficient (Wildman–Crippen LogP) is 5.93. The van der Waals surface area contributed by atoms with E-state index in [0.29, 0.717) is 17.8 Å². The van der Waals surface area contributed by atoms with Crippen LogP contribution in [0.4, 0.5) is 11.5 Å². The Balaban J connectivity index is 1.48. The Bertz CT molecular complexity index is 1660. The highest BCUT2D eigenvalue weighted by Crippen LogP contribution is 2.31. The molecule has 1 atom stereocenters. The largest absolute Gasteiger partial charge is 0.481 e. The first-order valence-corrected chi connectivity index (χ1v) is 13.5. The molecule has 208 valence electrons. The van der Waals surface area contributed by atoms with Crippen LogP contribution in [0.25, 0.3) is 16.9 Å². The number of carbonyl (C=O) groups is 2. The van der Waals surface area contributed by atoms with Gasteiger partial charge in [0, 0.05) is 43.7 Å². The van der Waals surface area contributed by atoms with Crippen molar-refractivity contribution in [2.45, 2.75) is 25.9 Å². The number of carboxylic acid groups (broad SMARTS) is 1. The van der Waals surface area contributed by atoms with Crippen molar-refractivity contribution in [3.05, 3.63) is 119 Å². The molecule has 0 saturated heterocycles. The van der Waals surface area contributed by atoms with Crippen molar-refractivity contribution >= 4 is 29.0 Å². The molecule has 5 aromatic rings. The van der Waals surface area contributed by atoms with Gasteiger partial charge >= 0.3 is 5.97 Å². The number of aromatic nitrogens is 2. The number of amides is 1. The number of fused-ring (bicyclic) bond motifs is 1. The summed E-state index contributed by atoms with van der Waals surface area (Å²) in [6.45, 7) is 2.56. The van der Waals surface area contributed by atoms with E-state index < -0.39 is 12.0 Å². The SMILES string of the molecule is Cc1ccc(C(CC(=O)O)NC(=O)c2ccn3c(NCc4ccccc4)c(-c4ccc(N(C)C)cc4)nc3c2)cc1. The smallest absolute Gasteiger partial charge is 0.305 e. The third kappa shape index (κ3) is 6.38. The molecular formula is C33H33N5O3. The number of benzene rings is 3. The van der Waals surface area contributed by atoms with E-state index >= 15 is 0 Å². The molecule has 8 nitrogen and oxygen atoms in total. The van der Waals surface area contributed by atoms with Gasteiger partial charge in [0.25, 0.3) is 5.91 Å². The Kier molecular flexibility index (Phi) is 8.01. The number of anilines is 2. The van der Waals surface area contributed by atoms with Crippen LogP contribution in [0.5, 0.6) is 0 Å². The van der Waals surface area contributed by atoms with Crippen LogP contribution in [0, 0.1) is 6.92 Å². The Morgan fingerprint density at radius 3 is 2.32 bits per heavy atom. The predicted molar refractivity (Wildman–Crippen MR) is 162 cm³/mol. The lowest BCUT2D eigenvalue weighted by Gasteiger charge is -2.18. The number of nitrogens with zero attached hydrogens (tertiary/aromatic N) is 3. The highest BCUT2D eigenvalue weighted by Gasteiger charge is 2.21. The van der Waals surface area contributed by atoms with Gasteiger partial charge in [-0.15, -0.1) is 0 Å². The molecule has 5 rings (SSSR count). The summed E-state index contributed by atoms with van der Waals surface area (Å²) in [5.74, 6) is -0.534. The normalized spacial score (nSPS) is 11.7.